The standard InChI is InChI=1S/C36H40N2O6/c1-37-11-9-35-21-5-7-25(39)33(35)43-31-27(35)17(15-23(21)37)13-19(29(31)41-3)20-14-18-16-24-22-6-8-26(40)34-36(22,10-12-38(24)2)28(18)32(44-34)30(20)42-4/h5-8,13-14,21-26,33-34,39-40H,9-12,15-16H2,1-4H3. The number of nitrogens with zero attached hydrogens (tertiary/aromatic N) is 2. The van der Waals surface area contributed by atoms with Crippen LogP contribution in [0.2, 0.25) is 0 Å². The van der Waals surface area contributed by atoms with E-state index in [4.69, 9.17) is 18.9 Å². The van der Waals surface area contributed by atoms with E-state index in [0.29, 0.717) is 35.4 Å². The van der Waals surface area contributed by atoms with Crippen LogP contribution < -0.4 is 18.9 Å². The molecule has 10 unspecified atom stereocenters. The van der Waals surface area contributed by atoms with Gasteiger partial charge in [-0.3, -0.25) is 0 Å². The van der Waals surface area contributed by atoms with Crippen LogP contribution in [0.3, 0.4) is 0 Å². The average Bonchev–Trinajstić information content (AvgIpc) is 3.56. The molecule has 0 aromatic heterocycles. The summed E-state index contributed by atoms with van der Waals surface area (Å²) in [5.41, 5.74) is 6.36. The highest BCUT2D eigenvalue weighted by Crippen LogP contribution is 2.67. The summed E-state index contributed by atoms with van der Waals surface area (Å²) in [7, 11) is 7.90. The lowest BCUT2D eigenvalue weighted by atomic mass is 9.53. The summed E-state index contributed by atoms with van der Waals surface area (Å²) in [6.07, 6.45) is 10.1. The van der Waals surface area contributed by atoms with E-state index in [9.17, 15) is 10.2 Å². The molecule has 2 saturated heterocycles. The Kier molecular flexibility index (Phi) is 5.00. The van der Waals surface area contributed by atoms with Gasteiger partial charge in [0.15, 0.2) is 23.0 Å². The van der Waals surface area contributed by atoms with E-state index >= 15 is 0 Å². The normalized spacial score (nSPS) is 41.5. The van der Waals surface area contributed by atoms with Gasteiger partial charge in [0, 0.05) is 57.0 Å². The highest BCUT2D eigenvalue weighted by molar-refractivity contribution is 5.86. The van der Waals surface area contributed by atoms with E-state index in [2.05, 4.69) is 48.2 Å². The topological polar surface area (TPSA) is 83.9 Å². The zero-order valence-electron chi connectivity index (χ0n) is 25.7. The van der Waals surface area contributed by atoms with Crippen LogP contribution in [0.4, 0.5) is 0 Å². The molecule has 0 amide bonds. The Morgan fingerprint density at radius 3 is 1.55 bits per heavy atom. The van der Waals surface area contributed by atoms with Crippen LogP contribution in [0.1, 0.15) is 35.1 Å². The summed E-state index contributed by atoms with van der Waals surface area (Å²) < 4.78 is 26.2. The van der Waals surface area contributed by atoms with Gasteiger partial charge in [-0.1, -0.05) is 24.3 Å². The first-order valence-electron chi connectivity index (χ1n) is 16.3. The Morgan fingerprint density at radius 1 is 0.705 bits per heavy atom. The number of rotatable bonds is 3. The van der Waals surface area contributed by atoms with Crippen molar-refractivity contribution < 1.29 is 29.2 Å². The summed E-state index contributed by atoms with van der Waals surface area (Å²) in [6.45, 7) is 1.95. The molecule has 4 aliphatic heterocycles. The Morgan fingerprint density at radius 2 is 1.14 bits per heavy atom. The van der Waals surface area contributed by atoms with Crippen molar-refractivity contribution in [1.82, 2.24) is 9.80 Å². The number of ether oxygens (including phenoxy) is 4. The van der Waals surface area contributed by atoms with Gasteiger partial charge in [0.1, 0.15) is 24.4 Å². The largest absolute Gasteiger partial charge is 0.492 e. The van der Waals surface area contributed by atoms with Crippen LogP contribution in [-0.4, -0.2) is 97.9 Å². The number of aliphatic hydroxyl groups excluding tert-OH is 2. The van der Waals surface area contributed by atoms with E-state index in [0.717, 1.165) is 61.4 Å². The average molecular weight is 597 g/mol. The van der Waals surface area contributed by atoms with E-state index < -0.39 is 12.2 Å². The van der Waals surface area contributed by atoms with Gasteiger partial charge >= 0.3 is 0 Å². The second-order valence-electron chi connectivity index (χ2n) is 14.6. The van der Waals surface area contributed by atoms with Gasteiger partial charge in [-0.15, -0.1) is 0 Å². The molecule has 0 radical (unpaired) electrons. The number of hydrogen-bond acceptors (Lipinski definition) is 8. The van der Waals surface area contributed by atoms with Crippen molar-refractivity contribution in [2.75, 3.05) is 41.4 Å². The van der Waals surface area contributed by atoms with Crippen LogP contribution in [0.5, 0.6) is 23.0 Å². The van der Waals surface area contributed by atoms with E-state index in [1.807, 2.05) is 12.2 Å². The molecule has 4 heterocycles. The van der Waals surface area contributed by atoms with Gasteiger partial charge in [0.25, 0.3) is 0 Å². The zero-order chi connectivity index (χ0) is 29.9. The maximum absolute atomic E-state index is 11.3. The van der Waals surface area contributed by atoms with Gasteiger partial charge in [-0.25, -0.2) is 0 Å². The Hall–Kier alpha value is -3.04. The van der Waals surface area contributed by atoms with Crippen molar-refractivity contribution in [1.29, 1.82) is 0 Å². The predicted molar refractivity (Wildman–Crippen MR) is 164 cm³/mol. The van der Waals surface area contributed by atoms with Crippen molar-refractivity contribution in [3.63, 3.8) is 0 Å². The first-order valence-corrected chi connectivity index (χ1v) is 16.3. The molecular formula is C36H40N2O6. The molecule has 2 spiro atoms. The van der Waals surface area contributed by atoms with Crippen molar-refractivity contribution >= 4 is 0 Å². The minimum atomic E-state index is -0.666. The van der Waals surface area contributed by atoms with Crippen molar-refractivity contribution in [3.8, 4) is 34.1 Å². The van der Waals surface area contributed by atoms with E-state index in [1.54, 1.807) is 14.2 Å². The Bertz CT molecular complexity index is 1580. The number of piperidine rings is 2. The monoisotopic (exact) mass is 596 g/mol. The van der Waals surface area contributed by atoms with Crippen molar-refractivity contribution in [2.45, 2.75) is 73.0 Å². The minimum absolute atomic E-state index is 0.258. The first-order chi connectivity index (χ1) is 21.3. The maximum atomic E-state index is 11.3. The number of aliphatic hydroxyl groups is 2. The number of likely N-dealkylation sites (N-methyl/N-ethyl adjacent to an activating group) is 2. The Labute approximate surface area is 257 Å². The molecule has 0 saturated carbocycles. The summed E-state index contributed by atoms with van der Waals surface area (Å²) in [4.78, 5) is 4.97. The summed E-state index contributed by atoms with van der Waals surface area (Å²) in [6, 6.07) is 5.30. The summed E-state index contributed by atoms with van der Waals surface area (Å²) in [5, 5.41) is 22.5. The quantitative estimate of drug-likeness (QED) is 0.524. The highest BCUT2D eigenvalue weighted by Gasteiger charge is 2.66. The lowest BCUT2D eigenvalue weighted by Crippen LogP contribution is -2.64. The first kappa shape index (κ1) is 26.2. The SMILES string of the molecule is COc1c(-c2cc3c4c(c2OC)OC2C(O)C=CC5C(C3)N(C)CCC452)cc2c3c1OC1C(O)C=CC4C(C2)N(C)CCC341. The third-order valence-corrected chi connectivity index (χ3v) is 13.2. The smallest absolute Gasteiger partial charge is 0.169 e. The van der Waals surface area contributed by atoms with Crippen molar-refractivity contribution in [2.24, 2.45) is 11.8 Å². The second-order valence-corrected chi connectivity index (χ2v) is 14.6. The molecule has 8 aliphatic rings. The van der Waals surface area contributed by atoms with Crippen LogP contribution in [0, 0.1) is 11.8 Å². The minimum Gasteiger partial charge on any atom is -0.492 e. The zero-order valence-corrected chi connectivity index (χ0v) is 25.7. The number of likely N-dealkylation sites (tertiary alicyclic amines) is 2. The molecule has 4 aliphatic carbocycles. The third-order valence-electron chi connectivity index (χ3n) is 13.2. The van der Waals surface area contributed by atoms with Crippen molar-refractivity contribution in [3.05, 3.63) is 58.7 Å². The maximum Gasteiger partial charge on any atom is 0.169 e. The second kappa shape index (κ2) is 8.40. The molecule has 8 nitrogen and oxygen atoms in total. The molecule has 2 aromatic carbocycles. The van der Waals surface area contributed by atoms with Crippen LogP contribution >= 0.6 is 0 Å². The third kappa shape index (κ3) is 2.75. The molecule has 4 bridgehead atoms. The van der Waals surface area contributed by atoms with Gasteiger partial charge in [0.2, 0.25) is 0 Å². The van der Waals surface area contributed by atoms with Gasteiger partial charge in [-0.2, -0.15) is 0 Å². The fourth-order valence-corrected chi connectivity index (χ4v) is 11.4. The van der Waals surface area contributed by atoms with Gasteiger partial charge < -0.3 is 39.0 Å². The number of benzene rings is 2. The molecule has 2 fully saturated rings. The molecule has 44 heavy (non-hydrogen) atoms. The van der Waals surface area contributed by atoms with E-state index in [-0.39, 0.29) is 23.0 Å². The lowest BCUT2D eigenvalue weighted by Gasteiger charge is -2.56. The molecule has 230 valence electrons. The molecule has 2 aromatic rings. The highest BCUT2D eigenvalue weighted by atomic mass is 16.5. The summed E-state index contributed by atoms with van der Waals surface area (Å²) in [5.74, 6) is 3.53. The lowest BCUT2D eigenvalue weighted by molar-refractivity contribution is -0.0453. The van der Waals surface area contributed by atoms with Crippen LogP contribution in [-0.2, 0) is 23.7 Å². The van der Waals surface area contributed by atoms with Crippen LogP contribution in [0.25, 0.3) is 11.1 Å². The molecular weight excluding hydrogens is 556 g/mol. The Balaban J connectivity index is 1.22. The van der Waals surface area contributed by atoms with Gasteiger partial charge in [-0.05, 0) is 76.1 Å². The summed E-state index contributed by atoms with van der Waals surface area (Å²) >= 11 is 0. The molecule has 2 N–H and O–H groups in total. The van der Waals surface area contributed by atoms with E-state index in [1.165, 1.54) is 22.3 Å². The molecule has 8 heteroatoms. The predicted octanol–water partition coefficient (Wildman–Crippen LogP) is 2.98. The fourth-order valence-electron chi connectivity index (χ4n) is 11.4. The molecule has 10 atom stereocenters. The van der Waals surface area contributed by atoms with Gasteiger partial charge in [0.05, 0.1) is 14.2 Å². The number of hydrogen-bond donors (Lipinski definition) is 2. The number of methoxy groups -OCH3 is 2. The fraction of sp³-hybridized carbons (Fsp3) is 0.556. The van der Waals surface area contributed by atoms with Crippen LogP contribution in [0.15, 0.2) is 36.4 Å². The molecule has 10 rings (SSSR count).